The molecule has 0 N–H and O–H groups in total. The molecule has 150 valence electrons. The maximum absolute atomic E-state index is 6.22. The van der Waals surface area contributed by atoms with E-state index in [9.17, 15) is 0 Å². The van der Waals surface area contributed by atoms with Gasteiger partial charge in [0.1, 0.15) is 6.61 Å². The van der Waals surface area contributed by atoms with Crippen LogP contribution in [0, 0.1) is 6.92 Å². The standard InChI is InChI=1S/C23H20Cl3NO2/c1-3-28-23-11-16(13-27-21-6-4-5-19(25)15(21)2)7-10-22(23)29-14-17-8-9-18(24)12-20(17)26/h4-13H,3,14H2,1-2H3. The normalized spacial score (nSPS) is 11.1. The highest BCUT2D eigenvalue weighted by Gasteiger charge is 2.09. The van der Waals surface area contributed by atoms with Crippen molar-refractivity contribution >= 4 is 46.7 Å². The van der Waals surface area contributed by atoms with Crippen LogP contribution in [0.3, 0.4) is 0 Å². The number of ether oxygens (including phenoxy) is 2. The van der Waals surface area contributed by atoms with Gasteiger partial charge in [-0.25, -0.2) is 0 Å². The summed E-state index contributed by atoms with van der Waals surface area (Å²) in [5, 5.41) is 1.85. The highest BCUT2D eigenvalue weighted by molar-refractivity contribution is 6.35. The maximum Gasteiger partial charge on any atom is 0.161 e. The van der Waals surface area contributed by atoms with Crippen molar-refractivity contribution in [3.63, 3.8) is 0 Å². The average molecular weight is 449 g/mol. The Balaban J connectivity index is 1.79. The molecule has 0 aliphatic rings. The Labute approximate surface area is 185 Å². The van der Waals surface area contributed by atoms with E-state index in [1.165, 1.54) is 0 Å². The van der Waals surface area contributed by atoms with Gasteiger partial charge in [-0.15, -0.1) is 0 Å². The first-order chi connectivity index (χ1) is 14.0. The van der Waals surface area contributed by atoms with Crippen LogP contribution in [0.25, 0.3) is 0 Å². The minimum absolute atomic E-state index is 0.311. The summed E-state index contributed by atoms with van der Waals surface area (Å²) in [6.07, 6.45) is 1.78. The van der Waals surface area contributed by atoms with Crippen LogP contribution in [0.15, 0.2) is 59.6 Å². The van der Waals surface area contributed by atoms with Crippen LogP contribution >= 0.6 is 34.8 Å². The monoisotopic (exact) mass is 447 g/mol. The fourth-order valence-electron chi connectivity index (χ4n) is 2.67. The molecule has 3 nitrogen and oxygen atoms in total. The SMILES string of the molecule is CCOc1cc(C=Nc2cccc(Cl)c2C)ccc1OCc1ccc(Cl)cc1Cl. The zero-order valence-electron chi connectivity index (χ0n) is 16.1. The Morgan fingerprint density at radius 1 is 0.897 bits per heavy atom. The molecule has 3 rings (SSSR count). The van der Waals surface area contributed by atoms with Crippen LogP contribution in [-0.2, 0) is 6.61 Å². The van der Waals surface area contributed by atoms with Gasteiger partial charge in [0.2, 0.25) is 0 Å². The summed E-state index contributed by atoms with van der Waals surface area (Å²) in [4.78, 5) is 4.55. The van der Waals surface area contributed by atoms with Crippen LogP contribution < -0.4 is 9.47 Å². The number of rotatable bonds is 7. The molecule has 0 aromatic heterocycles. The Kier molecular flexibility index (Phi) is 7.43. The summed E-state index contributed by atoms with van der Waals surface area (Å²) in [6, 6.07) is 16.7. The Morgan fingerprint density at radius 3 is 2.48 bits per heavy atom. The second-order valence-electron chi connectivity index (χ2n) is 6.31. The van der Waals surface area contributed by atoms with Crippen LogP contribution in [0.5, 0.6) is 11.5 Å². The van der Waals surface area contributed by atoms with Gasteiger partial charge in [-0.2, -0.15) is 0 Å². The van der Waals surface area contributed by atoms with Gasteiger partial charge >= 0.3 is 0 Å². The molecule has 0 atom stereocenters. The summed E-state index contributed by atoms with van der Waals surface area (Å²) >= 11 is 18.3. The second kappa shape index (κ2) is 10.0. The number of benzene rings is 3. The molecule has 0 bridgehead atoms. The number of nitrogens with zero attached hydrogens (tertiary/aromatic N) is 1. The lowest BCUT2D eigenvalue weighted by Crippen LogP contribution is -2.01. The fourth-order valence-corrected chi connectivity index (χ4v) is 3.30. The van der Waals surface area contributed by atoms with E-state index < -0.39 is 0 Å². The third-order valence-corrected chi connectivity index (χ3v) is 5.25. The van der Waals surface area contributed by atoms with Gasteiger partial charge in [-0.3, -0.25) is 4.99 Å². The van der Waals surface area contributed by atoms with Crippen molar-refractivity contribution in [1.82, 2.24) is 0 Å². The molecule has 0 unspecified atom stereocenters. The van der Waals surface area contributed by atoms with Crippen LogP contribution in [0.2, 0.25) is 15.1 Å². The van der Waals surface area contributed by atoms with Crippen molar-refractivity contribution in [2.45, 2.75) is 20.5 Å². The Hall–Kier alpha value is -2.20. The molecule has 6 heteroatoms. The lowest BCUT2D eigenvalue weighted by atomic mass is 10.2. The van der Waals surface area contributed by atoms with Gasteiger partial charge < -0.3 is 9.47 Å². The second-order valence-corrected chi connectivity index (χ2v) is 7.56. The predicted octanol–water partition coefficient (Wildman–Crippen LogP) is 7.68. The van der Waals surface area contributed by atoms with E-state index in [-0.39, 0.29) is 0 Å². The van der Waals surface area contributed by atoms with E-state index in [1.807, 2.05) is 56.3 Å². The van der Waals surface area contributed by atoms with Crippen LogP contribution in [0.1, 0.15) is 23.6 Å². The molecule has 0 saturated heterocycles. The lowest BCUT2D eigenvalue weighted by Gasteiger charge is -2.13. The summed E-state index contributed by atoms with van der Waals surface area (Å²) in [5.41, 5.74) is 3.51. The molecule has 29 heavy (non-hydrogen) atoms. The predicted molar refractivity (Wildman–Crippen MR) is 122 cm³/mol. The molecule has 0 radical (unpaired) electrons. The number of hydrogen-bond donors (Lipinski definition) is 0. The van der Waals surface area contributed by atoms with E-state index in [0.717, 1.165) is 22.4 Å². The van der Waals surface area contributed by atoms with Crippen LogP contribution in [0.4, 0.5) is 5.69 Å². The van der Waals surface area contributed by atoms with Crippen LogP contribution in [-0.4, -0.2) is 12.8 Å². The quantitative estimate of drug-likeness (QED) is 0.347. The molecule has 0 fully saturated rings. The van der Waals surface area contributed by atoms with E-state index in [1.54, 1.807) is 18.3 Å². The summed E-state index contributed by atoms with van der Waals surface area (Å²) in [6.45, 7) is 4.70. The van der Waals surface area contributed by atoms with Crippen molar-refractivity contribution < 1.29 is 9.47 Å². The highest BCUT2D eigenvalue weighted by atomic mass is 35.5. The summed E-state index contributed by atoms with van der Waals surface area (Å²) < 4.78 is 11.7. The van der Waals surface area contributed by atoms with E-state index >= 15 is 0 Å². The average Bonchev–Trinajstić information content (AvgIpc) is 2.70. The van der Waals surface area contributed by atoms with Crippen molar-refractivity contribution in [3.05, 3.63) is 86.4 Å². The van der Waals surface area contributed by atoms with Crippen molar-refractivity contribution in [2.75, 3.05) is 6.61 Å². The number of hydrogen-bond acceptors (Lipinski definition) is 3. The van der Waals surface area contributed by atoms with Crippen molar-refractivity contribution in [2.24, 2.45) is 4.99 Å². The van der Waals surface area contributed by atoms with Gasteiger partial charge in [0.05, 0.1) is 12.3 Å². The van der Waals surface area contributed by atoms with Gasteiger partial charge in [-0.05, 0) is 67.4 Å². The molecule has 0 aliphatic heterocycles. The topological polar surface area (TPSA) is 30.8 Å². The maximum atomic E-state index is 6.22. The molecule has 0 saturated carbocycles. The third-order valence-electron chi connectivity index (χ3n) is 4.26. The molecular weight excluding hydrogens is 429 g/mol. The first-order valence-electron chi connectivity index (χ1n) is 9.10. The third kappa shape index (κ3) is 5.66. The summed E-state index contributed by atoms with van der Waals surface area (Å²) in [7, 11) is 0. The van der Waals surface area contributed by atoms with Crippen molar-refractivity contribution in [1.29, 1.82) is 0 Å². The largest absolute Gasteiger partial charge is 0.490 e. The highest BCUT2D eigenvalue weighted by Crippen LogP contribution is 2.31. The number of aliphatic imine (C=N–C) groups is 1. The molecule has 3 aromatic carbocycles. The Morgan fingerprint density at radius 2 is 1.72 bits per heavy atom. The van der Waals surface area contributed by atoms with Crippen molar-refractivity contribution in [3.8, 4) is 11.5 Å². The zero-order valence-corrected chi connectivity index (χ0v) is 18.4. The Bertz CT molecular complexity index is 1030. The van der Waals surface area contributed by atoms with E-state index in [2.05, 4.69) is 4.99 Å². The lowest BCUT2D eigenvalue weighted by molar-refractivity contribution is 0.269. The van der Waals surface area contributed by atoms with E-state index in [0.29, 0.717) is 39.8 Å². The number of halogens is 3. The fraction of sp³-hybridized carbons (Fsp3) is 0.174. The molecule has 3 aromatic rings. The minimum Gasteiger partial charge on any atom is -0.490 e. The smallest absolute Gasteiger partial charge is 0.161 e. The molecule has 0 spiro atoms. The molecule has 0 aliphatic carbocycles. The first-order valence-corrected chi connectivity index (χ1v) is 10.2. The van der Waals surface area contributed by atoms with Gasteiger partial charge in [-0.1, -0.05) is 46.9 Å². The van der Waals surface area contributed by atoms with Gasteiger partial charge in [0.15, 0.2) is 11.5 Å². The minimum atomic E-state index is 0.311. The first kappa shape index (κ1) is 21.5. The van der Waals surface area contributed by atoms with Gasteiger partial charge in [0, 0.05) is 26.8 Å². The van der Waals surface area contributed by atoms with E-state index in [4.69, 9.17) is 44.3 Å². The molecular formula is C23H20Cl3NO2. The molecule has 0 heterocycles. The zero-order chi connectivity index (χ0) is 20.8. The van der Waals surface area contributed by atoms with Gasteiger partial charge in [0.25, 0.3) is 0 Å². The summed E-state index contributed by atoms with van der Waals surface area (Å²) in [5.74, 6) is 1.28. The molecule has 0 amide bonds.